The Bertz CT molecular complexity index is 715. The average molecular weight is 340 g/mol. The largest absolute Gasteiger partial charge is 0.497 e. The number of nitrogens with one attached hydrogen (secondary N) is 2. The molecule has 2 amide bonds. The summed E-state index contributed by atoms with van der Waals surface area (Å²) < 4.78 is 5.08. The van der Waals surface area contributed by atoms with Crippen LogP contribution in [0.5, 0.6) is 5.75 Å². The molecule has 0 saturated heterocycles. The zero-order valence-corrected chi connectivity index (χ0v) is 13.9. The molecule has 0 bridgehead atoms. The van der Waals surface area contributed by atoms with Crippen molar-refractivity contribution in [3.63, 3.8) is 0 Å². The van der Waals surface area contributed by atoms with Crippen molar-refractivity contribution in [2.75, 3.05) is 20.2 Å². The third kappa shape index (κ3) is 6.42. The molecule has 25 heavy (non-hydrogen) atoms. The highest BCUT2D eigenvalue weighted by Crippen LogP contribution is 2.12. The summed E-state index contributed by atoms with van der Waals surface area (Å²) >= 11 is 0. The fourth-order valence-electron chi connectivity index (χ4n) is 1.95. The molecule has 1 aromatic carbocycles. The summed E-state index contributed by atoms with van der Waals surface area (Å²) in [4.78, 5) is 31.2. The van der Waals surface area contributed by atoms with Crippen LogP contribution in [0.4, 0.5) is 0 Å². The highest BCUT2D eigenvalue weighted by molar-refractivity contribution is 5.92. The van der Waals surface area contributed by atoms with Gasteiger partial charge in [-0.3, -0.25) is 14.6 Å². The molecule has 130 valence electrons. The van der Waals surface area contributed by atoms with E-state index in [1.807, 2.05) is 24.3 Å². The number of rotatable bonds is 8. The van der Waals surface area contributed by atoms with E-state index in [0.717, 1.165) is 11.3 Å². The smallest absolute Gasteiger partial charge is 0.271 e. The third-order valence-corrected chi connectivity index (χ3v) is 3.28. The van der Waals surface area contributed by atoms with Gasteiger partial charge in [0.2, 0.25) is 5.91 Å². The number of amides is 2. The minimum atomic E-state index is -0.279. The van der Waals surface area contributed by atoms with Gasteiger partial charge in [0.25, 0.3) is 5.91 Å². The molecule has 0 atom stereocenters. The molecular formula is C18H20N4O3. The summed E-state index contributed by atoms with van der Waals surface area (Å²) in [6.07, 6.45) is 8.19. The number of carbonyl (C=O) groups is 2. The van der Waals surface area contributed by atoms with Crippen LogP contribution in [0, 0.1) is 0 Å². The van der Waals surface area contributed by atoms with Gasteiger partial charge in [-0.15, -0.1) is 0 Å². The summed E-state index contributed by atoms with van der Waals surface area (Å²) in [5.74, 6) is 0.306. The van der Waals surface area contributed by atoms with E-state index in [1.54, 1.807) is 13.2 Å². The molecule has 2 rings (SSSR count). The van der Waals surface area contributed by atoms with Crippen LogP contribution >= 0.6 is 0 Å². The quantitative estimate of drug-likeness (QED) is 0.560. The predicted octanol–water partition coefficient (Wildman–Crippen LogP) is 1.43. The Balaban J connectivity index is 1.63. The topological polar surface area (TPSA) is 93.2 Å². The second-order valence-corrected chi connectivity index (χ2v) is 5.10. The van der Waals surface area contributed by atoms with Crippen LogP contribution in [0.1, 0.15) is 22.5 Å². The van der Waals surface area contributed by atoms with Gasteiger partial charge >= 0.3 is 0 Å². The highest BCUT2D eigenvalue weighted by atomic mass is 16.5. The maximum Gasteiger partial charge on any atom is 0.271 e. The number of carbonyl (C=O) groups excluding carboxylic acids is 2. The van der Waals surface area contributed by atoms with Gasteiger partial charge < -0.3 is 15.4 Å². The Morgan fingerprint density at radius 1 is 1.12 bits per heavy atom. The lowest BCUT2D eigenvalue weighted by atomic mass is 10.2. The van der Waals surface area contributed by atoms with Gasteiger partial charge in [0.15, 0.2) is 0 Å². The molecule has 2 aromatic rings. The lowest BCUT2D eigenvalue weighted by molar-refractivity contribution is -0.116. The van der Waals surface area contributed by atoms with Crippen molar-refractivity contribution in [3.8, 4) is 5.75 Å². The minimum absolute atomic E-state index is 0.184. The molecule has 0 radical (unpaired) electrons. The first-order chi connectivity index (χ1) is 12.2. The first-order valence-corrected chi connectivity index (χ1v) is 7.83. The number of ether oxygens (including phenoxy) is 1. The molecule has 7 heteroatoms. The second-order valence-electron chi connectivity index (χ2n) is 5.10. The summed E-state index contributed by atoms with van der Waals surface area (Å²) in [5, 5.41) is 5.48. The highest BCUT2D eigenvalue weighted by Gasteiger charge is 2.05. The van der Waals surface area contributed by atoms with E-state index in [-0.39, 0.29) is 17.5 Å². The summed E-state index contributed by atoms with van der Waals surface area (Å²) in [5.41, 5.74) is 1.18. The van der Waals surface area contributed by atoms with Crippen LogP contribution in [0.2, 0.25) is 0 Å². The predicted molar refractivity (Wildman–Crippen MR) is 94.0 cm³/mol. The van der Waals surface area contributed by atoms with E-state index < -0.39 is 0 Å². The number of aromatic nitrogens is 2. The van der Waals surface area contributed by atoms with Gasteiger partial charge in [-0.25, -0.2) is 4.98 Å². The van der Waals surface area contributed by atoms with Crippen molar-refractivity contribution in [1.29, 1.82) is 0 Å². The maximum atomic E-state index is 11.7. The van der Waals surface area contributed by atoms with Crippen molar-refractivity contribution in [2.24, 2.45) is 0 Å². The van der Waals surface area contributed by atoms with Crippen LogP contribution in [-0.4, -0.2) is 42.0 Å². The SMILES string of the molecule is COc1ccc(C=CC(=O)NCCCNC(=O)c2cnccn2)cc1. The fourth-order valence-corrected chi connectivity index (χ4v) is 1.95. The van der Waals surface area contributed by atoms with E-state index in [0.29, 0.717) is 19.5 Å². The number of hydrogen-bond donors (Lipinski definition) is 2. The van der Waals surface area contributed by atoms with Crippen LogP contribution < -0.4 is 15.4 Å². The van der Waals surface area contributed by atoms with E-state index in [2.05, 4.69) is 20.6 Å². The standard InChI is InChI=1S/C18H20N4O3/c1-25-15-6-3-14(4-7-15)5-8-17(23)21-9-2-10-22-18(24)16-13-19-11-12-20-16/h3-8,11-13H,2,9-10H2,1H3,(H,21,23)(H,22,24). The zero-order chi connectivity index (χ0) is 17.9. The molecule has 0 fully saturated rings. The van der Waals surface area contributed by atoms with E-state index in [1.165, 1.54) is 24.7 Å². The van der Waals surface area contributed by atoms with Gasteiger partial charge in [0.1, 0.15) is 11.4 Å². The first-order valence-electron chi connectivity index (χ1n) is 7.83. The Kier molecular flexibility index (Phi) is 7.12. The number of benzene rings is 1. The molecule has 7 nitrogen and oxygen atoms in total. The Labute approximate surface area is 146 Å². The number of nitrogens with zero attached hydrogens (tertiary/aromatic N) is 2. The van der Waals surface area contributed by atoms with E-state index >= 15 is 0 Å². The van der Waals surface area contributed by atoms with Gasteiger partial charge in [0, 0.05) is 31.6 Å². The van der Waals surface area contributed by atoms with Crippen molar-refractivity contribution >= 4 is 17.9 Å². The van der Waals surface area contributed by atoms with E-state index in [9.17, 15) is 9.59 Å². The molecule has 0 aliphatic heterocycles. The molecule has 0 unspecified atom stereocenters. The molecule has 1 heterocycles. The zero-order valence-electron chi connectivity index (χ0n) is 13.9. The number of methoxy groups -OCH3 is 1. The molecule has 0 saturated carbocycles. The number of hydrogen-bond acceptors (Lipinski definition) is 5. The van der Waals surface area contributed by atoms with Crippen molar-refractivity contribution < 1.29 is 14.3 Å². The third-order valence-electron chi connectivity index (χ3n) is 3.28. The minimum Gasteiger partial charge on any atom is -0.497 e. The van der Waals surface area contributed by atoms with E-state index in [4.69, 9.17) is 4.74 Å². The van der Waals surface area contributed by atoms with Crippen LogP contribution in [0.25, 0.3) is 6.08 Å². The van der Waals surface area contributed by atoms with Crippen LogP contribution in [-0.2, 0) is 4.79 Å². The van der Waals surface area contributed by atoms with Gasteiger partial charge in [-0.1, -0.05) is 12.1 Å². The lowest BCUT2D eigenvalue weighted by Gasteiger charge is -2.05. The van der Waals surface area contributed by atoms with Crippen LogP contribution in [0.15, 0.2) is 48.9 Å². The molecule has 0 aliphatic rings. The second kappa shape index (κ2) is 9.82. The molecule has 1 aromatic heterocycles. The lowest BCUT2D eigenvalue weighted by Crippen LogP contribution is -2.29. The van der Waals surface area contributed by atoms with Gasteiger partial charge in [-0.2, -0.15) is 0 Å². The molecule has 2 N–H and O–H groups in total. The Morgan fingerprint density at radius 3 is 2.56 bits per heavy atom. The maximum absolute atomic E-state index is 11.7. The Hall–Kier alpha value is -3.22. The van der Waals surface area contributed by atoms with Crippen LogP contribution in [0.3, 0.4) is 0 Å². The summed E-state index contributed by atoms with van der Waals surface area (Å²) in [7, 11) is 1.61. The summed E-state index contributed by atoms with van der Waals surface area (Å²) in [6.45, 7) is 0.907. The van der Waals surface area contributed by atoms with Gasteiger partial charge in [0.05, 0.1) is 13.3 Å². The first kappa shape index (κ1) is 18.1. The van der Waals surface area contributed by atoms with Crippen molar-refractivity contribution in [1.82, 2.24) is 20.6 Å². The fraction of sp³-hybridized carbons (Fsp3) is 0.222. The molecule has 0 aliphatic carbocycles. The van der Waals surface area contributed by atoms with Gasteiger partial charge in [-0.05, 0) is 30.2 Å². The van der Waals surface area contributed by atoms with Crippen molar-refractivity contribution in [3.05, 3.63) is 60.2 Å². The Morgan fingerprint density at radius 2 is 1.88 bits per heavy atom. The molecular weight excluding hydrogens is 320 g/mol. The normalized spacial score (nSPS) is 10.4. The molecule has 0 spiro atoms. The van der Waals surface area contributed by atoms with Crippen molar-refractivity contribution in [2.45, 2.75) is 6.42 Å². The summed E-state index contributed by atoms with van der Waals surface area (Å²) in [6, 6.07) is 7.39. The average Bonchev–Trinajstić information content (AvgIpc) is 2.67. The monoisotopic (exact) mass is 340 g/mol.